The van der Waals surface area contributed by atoms with E-state index in [2.05, 4.69) is 4.99 Å². The number of nitrogens with zero attached hydrogens (tertiary/aromatic N) is 1. The summed E-state index contributed by atoms with van der Waals surface area (Å²) in [6, 6.07) is 7.31. The molecule has 0 aromatic heterocycles. The van der Waals surface area contributed by atoms with Gasteiger partial charge in [0.1, 0.15) is 5.75 Å². The van der Waals surface area contributed by atoms with Crippen molar-refractivity contribution in [2.75, 3.05) is 20.3 Å². The van der Waals surface area contributed by atoms with Crippen LogP contribution in [0.5, 0.6) is 5.75 Å². The molecule has 138 valence electrons. The van der Waals surface area contributed by atoms with Crippen LogP contribution in [0.2, 0.25) is 0 Å². The van der Waals surface area contributed by atoms with Gasteiger partial charge in [-0.25, -0.2) is 4.99 Å². The molecule has 2 rings (SSSR count). The minimum absolute atomic E-state index is 0.295. The number of allylic oxidation sites excluding steroid dienone is 1. The van der Waals surface area contributed by atoms with Crippen molar-refractivity contribution >= 4 is 13.0 Å². The van der Waals surface area contributed by atoms with Gasteiger partial charge in [0.25, 0.3) is 0 Å². The lowest BCUT2D eigenvalue weighted by Gasteiger charge is -2.19. The van der Waals surface area contributed by atoms with E-state index in [1.54, 1.807) is 21.0 Å². The van der Waals surface area contributed by atoms with Crippen molar-refractivity contribution in [2.45, 2.75) is 46.0 Å². The van der Waals surface area contributed by atoms with E-state index in [-0.39, 0.29) is 0 Å². The van der Waals surface area contributed by atoms with Gasteiger partial charge in [0.15, 0.2) is 5.45 Å². The third-order valence-corrected chi connectivity index (χ3v) is 6.16. The van der Waals surface area contributed by atoms with Gasteiger partial charge in [0, 0.05) is 11.8 Å². The SMILES string of the molecule is CCOP(=O)(OCC)C(=NC=C1CCCCC1)c1ccc(OC)cc1. The lowest BCUT2D eigenvalue weighted by atomic mass is 9.96. The van der Waals surface area contributed by atoms with E-state index in [1.165, 1.54) is 24.8 Å². The van der Waals surface area contributed by atoms with Crippen molar-refractivity contribution < 1.29 is 18.3 Å². The van der Waals surface area contributed by atoms with Crippen LogP contribution in [0.1, 0.15) is 51.5 Å². The van der Waals surface area contributed by atoms with E-state index in [0.29, 0.717) is 18.7 Å². The molecule has 0 aliphatic heterocycles. The number of hydrogen-bond donors (Lipinski definition) is 0. The van der Waals surface area contributed by atoms with E-state index in [0.717, 1.165) is 24.2 Å². The summed E-state index contributed by atoms with van der Waals surface area (Å²) in [4.78, 5) is 4.58. The van der Waals surface area contributed by atoms with Gasteiger partial charge in [0.05, 0.1) is 20.3 Å². The molecule has 0 saturated heterocycles. The highest BCUT2D eigenvalue weighted by molar-refractivity contribution is 7.73. The van der Waals surface area contributed by atoms with E-state index >= 15 is 0 Å². The standard InChI is InChI=1S/C19H28NO4P/c1-4-23-25(21,24-5-2)19(17-11-13-18(22-3)14-12-17)20-15-16-9-7-6-8-10-16/h11-15H,4-10H2,1-3H3. The maximum absolute atomic E-state index is 13.3. The predicted octanol–water partition coefficient (Wildman–Crippen LogP) is 5.56. The zero-order valence-corrected chi connectivity index (χ0v) is 16.3. The van der Waals surface area contributed by atoms with Gasteiger partial charge in [-0.05, 0) is 63.8 Å². The largest absolute Gasteiger partial charge is 0.497 e. The summed E-state index contributed by atoms with van der Waals surface area (Å²) >= 11 is 0. The van der Waals surface area contributed by atoms with Crippen LogP contribution >= 0.6 is 7.60 Å². The molecule has 25 heavy (non-hydrogen) atoms. The first-order chi connectivity index (χ1) is 12.1. The van der Waals surface area contributed by atoms with Crippen molar-refractivity contribution in [3.8, 4) is 5.75 Å². The fraction of sp³-hybridized carbons (Fsp3) is 0.526. The molecule has 0 heterocycles. The predicted molar refractivity (Wildman–Crippen MR) is 102 cm³/mol. The van der Waals surface area contributed by atoms with E-state index in [1.807, 2.05) is 30.5 Å². The Morgan fingerprint density at radius 2 is 1.68 bits per heavy atom. The Labute approximate surface area is 150 Å². The third-order valence-electron chi connectivity index (χ3n) is 4.07. The molecule has 0 amide bonds. The first-order valence-corrected chi connectivity index (χ1v) is 10.5. The molecule has 1 aromatic rings. The minimum Gasteiger partial charge on any atom is -0.497 e. The summed E-state index contributed by atoms with van der Waals surface area (Å²) in [5.74, 6) is 0.733. The molecule has 1 fully saturated rings. The molecule has 0 radical (unpaired) electrons. The zero-order chi connectivity index (χ0) is 18.1. The highest BCUT2D eigenvalue weighted by Gasteiger charge is 2.32. The molecular weight excluding hydrogens is 337 g/mol. The molecular formula is C19H28NO4P. The van der Waals surface area contributed by atoms with Crippen LogP contribution in [0, 0.1) is 0 Å². The molecule has 5 nitrogen and oxygen atoms in total. The average molecular weight is 365 g/mol. The van der Waals surface area contributed by atoms with Crippen LogP contribution in [-0.4, -0.2) is 25.8 Å². The highest BCUT2D eigenvalue weighted by atomic mass is 31.2. The van der Waals surface area contributed by atoms with Gasteiger partial charge in [-0.2, -0.15) is 0 Å². The Kier molecular flexibility index (Phi) is 7.89. The van der Waals surface area contributed by atoms with E-state index < -0.39 is 7.60 Å². The number of rotatable bonds is 8. The monoisotopic (exact) mass is 365 g/mol. The molecule has 0 unspecified atom stereocenters. The van der Waals surface area contributed by atoms with Gasteiger partial charge in [-0.3, -0.25) is 4.57 Å². The lowest BCUT2D eigenvalue weighted by Crippen LogP contribution is -2.09. The van der Waals surface area contributed by atoms with Crippen LogP contribution in [0.4, 0.5) is 0 Å². The number of aliphatic imine (C=N–C) groups is 1. The molecule has 0 bridgehead atoms. The van der Waals surface area contributed by atoms with E-state index in [4.69, 9.17) is 13.8 Å². The Bertz CT molecular complexity index is 634. The van der Waals surface area contributed by atoms with Gasteiger partial charge in [0.2, 0.25) is 0 Å². The maximum Gasteiger partial charge on any atom is 0.380 e. The summed E-state index contributed by atoms with van der Waals surface area (Å²) in [5, 5.41) is 0. The first kappa shape index (κ1) is 19.9. The molecule has 1 aliphatic carbocycles. The quantitative estimate of drug-likeness (QED) is 0.447. The molecule has 1 aliphatic rings. The van der Waals surface area contributed by atoms with Crippen molar-refractivity contribution in [3.63, 3.8) is 0 Å². The highest BCUT2D eigenvalue weighted by Crippen LogP contribution is 2.52. The number of ether oxygens (including phenoxy) is 1. The van der Waals surface area contributed by atoms with Crippen LogP contribution in [0.15, 0.2) is 41.0 Å². The molecule has 1 aromatic carbocycles. The lowest BCUT2D eigenvalue weighted by molar-refractivity contribution is 0.232. The smallest absolute Gasteiger partial charge is 0.380 e. The fourth-order valence-corrected chi connectivity index (χ4v) is 4.49. The molecule has 0 N–H and O–H groups in total. The van der Waals surface area contributed by atoms with Crippen LogP contribution in [-0.2, 0) is 13.6 Å². The van der Waals surface area contributed by atoms with Gasteiger partial charge >= 0.3 is 7.60 Å². The summed E-state index contributed by atoms with van der Waals surface area (Å²) in [7, 11) is -1.86. The number of benzene rings is 1. The second-order valence-corrected chi connectivity index (χ2v) is 7.80. The van der Waals surface area contributed by atoms with Gasteiger partial charge in [-0.1, -0.05) is 12.0 Å². The first-order valence-electron chi connectivity index (χ1n) is 8.92. The summed E-state index contributed by atoms with van der Waals surface area (Å²) in [6.45, 7) is 4.19. The molecule has 0 atom stereocenters. The Morgan fingerprint density at radius 1 is 1.08 bits per heavy atom. The second kappa shape index (κ2) is 9.91. The summed E-state index contributed by atoms with van der Waals surface area (Å²) in [6.07, 6.45) is 7.59. The summed E-state index contributed by atoms with van der Waals surface area (Å²) in [5.41, 5.74) is 2.37. The van der Waals surface area contributed by atoms with Crippen molar-refractivity contribution in [2.24, 2.45) is 4.99 Å². The van der Waals surface area contributed by atoms with Crippen molar-refractivity contribution in [1.82, 2.24) is 0 Å². The molecule has 1 saturated carbocycles. The minimum atomic E-state index is -3.48. The third kappa shape index (κ3) is 5.53. The Balaban J connectivity index is 2.43. The maximum atomic E-state index is 13.3. The van der Waals surface area contributed by atoms with Crippen LogP contribution < -0.4 is 4.74 Å². The summed E-state index contributed by atoms with van der Waals surface area (Å²) < 4.78 is 29.6. The molecule has 0 spiro atoms. The van der Waals surface area contributed by atoms with Gasteiger partial charge in [-0.15, -0.1) is 0 Å². The van der Waals surface area contributed by atoms with E-state index in [9.17, 15) is 4.57 Å². The Hall–Kier alpha value is -1.42. The normalized spacial score (nSPS) is 16.0. The van der Waals surface area contributed by atoms with Crippen LogP contribution in [0.3, 0.4) is 0 Å². The zero-order valence-electron chi connectivity index (χ0n) is 15.4. The molecule has 6 heteroatoms. The second-order valence-electron chi connectivity index (χ2n) is 5.86. The number of hydrogen-bond acceptors (Lipinski definition) is 5. The van der Waals surface area contributed by atoms with Gasteiger partial charge < -0.3 is 13.8 Å². The Morgan fingerprint density at radius 3 is 2.20 bits per heavy atom. The number of methoxy groups -OCH3 is 1. The average Bonchev–Trinajstić information content (AvgIpc) is 2.63. The van der Waals surface area contributed by atoms with Crippen LogP contribution in [0.25, 0.3) is 0 Å². The van der Waals surface area contributed by atoms with Crippen molar-refractivity contribution in [1.29, 1.82) is 0 Å². The van der Waals surface area contributed by atoms with Crippen molar-refractivity contribution in [3.05, 3.63) is 41.6 Å². The topological polar surface area (TPSA) is 57.1 Å². The fourth-order valence-electron chi connectivity index (χ4n) is 2.83.